The van der Waals surface area contributed by atoms with Gasteiger partial charge in [-0.3, -0.25) is 4.90 Å². The van der Waals surface area contributed by atoms with Gasteiger partial charge in [0.15, 0.2) is 0 Å². The average molecular weight is 269 g/mol. The van der Waals surface area contributed by atoms with E-state index in [1.165, 1.54) is 15.6 Å². The number of nitrogens with two attached hydrogens (primary N) is 1. The topological polar surface area (TPSA) is 29.3 Å². The molecule has 1 aliphatic heterocycles. The van der Waals surface area contributed by atoms with Gasteiger partial charge < -0.3 is 5.73 Å². The lowest BCUT2D eigenvalue weighted by atomic mass is 10.00. The first-order valence-electron chi connectivity index (χ1n) is 5.31. The average Bonchev–Trinajstić information content (AvgIpc) is 2.48. The van der Waals surface area contributed by atoms with E-state index in [1.807, 2.05) is 0 Å². The maximum absolute atomic E-state index is 6.15. The minimum Gasteiger partial charge on any atom is -0.326 e. The number of halogens is 1. The van der Waals surface area contributed by atoms with Crippen molar-refractivity contribution in [3.05, 3.63) is 33.8 Å². The highest BCUT2D eigenvalue weighted by Crippen LogP contribution is 2.34. The highest BCUT2D eigenvalue weighted by molar-refractivity contribution is 9.10. The van der Waals surface area contributed by atoms with Crippen LogP contribution >= 0.6 is 15.9 Å². The minimum atomic E-state index is 0.258. The minimum absolute atomic E-state index is 0.258. The van der Waals surface area contributed by atoms with Gasteiger partial charge in [0.25, 0.3) is 0 Å². The Labute approximate surface area is 99.6 Å². The van der Waals surface area contributed by atoms with Crippen molar-refractivity contribution in [1.82, 2.24) is 4.90 Å². The van der Waals surface area contributed by atoms with E-state index in [9.17, 15) is 0 Å². The van der Waals surface area contributed by atoms with Crippen LogP contribution in [0.1, 0.15) is 23.6 Å². The van der Waals surface area contributed by atoms with E-state index in [2.05, 4.69) is 53.0 Å². The Bertz CT molecular complexity index is 355. The lowest BCUT2D eigenvalue weighted by Crippen LogP contribution is -2.29. The quantitative estimate of drug-likeness (QED) is 0.848. The molecule has 1 aromatic carbocycles. The van der Waals surface area contributed by atoms with Crippen molar-refractivity contribution < 1.29 is 0 Å². The largest absolute Gasteiger partial charge is 0.326 e. The Kier molecular flexibility index (Phi) is 3.14. The van der Waals surface area contributed by atoms with Crippen LogP contribution in [0.25, 0.3) is 0 Å². The molecule has 0 saturated carbocycles. The summed E-state index contributed by atoms with van der Waals surface area (Å²) in [5.74, 6) is 0. The summed E-state index contributed by atoms with van der Waals surface area (Å²) in [5, 5.41) is 0. The van der Waals surface area contributed by atoms with Gasteiger partial charge in [0.05, 0.1) is 6.04 Å². The first-order chi connectivity index (χ1) is 7.09. The molecule has 0 aliphatic carbocycles. The second-order valence-corrected chi connectivity index (χ2v) is 5.26. The van der Waals surface area contributed by atoms with Gasteiger partial charge in [-0.15, -0.1) is 0 Å². The van der Waals surface area contributed by atoms with E-state index in [0.717, 1.165) is 13.0 Å². The van der Waals surface area contributed by atoms with E-state index >= 15 is 0 Å². The van der Waals surface area contributed by atoms with E-state index in [0.29, 0.717) is 6.04 Å². The highest BCUT2D eigenvalue weighted by Gasteiger charge is 2.31. The molecule has 1 fully saturated rings. The molecular weight excluding hydrogens is 252 g/mol. The maximum Gasteiger partial charge on any atom is 0.0508 e. The summed E-state index contributed by atoms with van der Waals surface area (Å²) in [4.78, 5) is 2.33. The zero-order valence-electron chi connectivity index (χ0n) is 9.20. The third kappa shape index (κ3) is 2.10. The van der Waals surface area contributed by atoms with Crippen molar-refractivity contribution in [3.8, 4) is 0 Å². The highest BCUT2D eigenvalue weighted by atomic mass is 79.9. The summed E-state index contributed by atoms with van der Waals surface area (Å²) in [7, 11) is 2.14. The summed E-state index contributed by atoms with van der Waals surface area (Å²) >= 11 is 3.63. The Morgan fingerprint density at radius 1 is 1.47 bits per heavy atom. The molecule has 0 aromatic heterocycles. The number of likely N-dealkylation sites (N-methyl/N-ethyl adjacent to an activating group) is 1. The van der Waals surface area contributed by atoms with Crippen LogP contribution in [-0.4, -0.2) is 24.5 Å². The Balaban J connectivity index is 2.36. The molecule has 1 saturated heterocycles. The van der Waals surface area contributed by atoms with Crippen LogP contribution in [0.3, 0.4) is 0 Å². The fourth-order valence-electron chi connectivity index (χ4n) is 2.32. The second-order valence-electron chi connectivity index (χ2n) is 4.40. The number of hydrogen-bond donors (Lipinski definition) is 1. The van der Waals surface area contributed by atoms with Gasteiger partial charge in [0.2, 0.25) is 0 Å². The van der Waals surface area contributed by atoms with Crippen LogP contribution in [0.2, 0.25) is 0 Å². The Morgan fingerprint density at radius 2 is 2.20 bits per heavy atom. The van der Waals surface area contributed by atoms with Crippen molar-refractivity contribution in [2.24, 2.45) is 5.73 Å². The lowest BCUT2D eigenvalue weighted by molar-refractivity contribution is 0.303. The van der Waals surface area contributed by atoms with Crippen molar-refractivity contribution in [3.63, 3.8) is 0 Å². The molecule has 3 heteroatoms. The number of benzene rings is 1. The molecule has 1 aliphatic rings. The molecule has 2 nitrogen and oxygen atoms in total. The summed E-state index contributed by atoms with van der Waals surface area (Å²) in [6.45, 7) is 3.19. The molecule has 2 atom stereocenters. The van der Waals surface area contributed by atoms with Crippen molar-refractivity contribution in [1.29, 1.82) is 0 Å². The van der Waals surface area contributed by atoms with Crippen LogP contribution < -0.4 is 5.73 Å². The van der Waals surface area contributed by atoms with E-state index < -0.39 is 0 Å². The third-order valence-electron chi connectivity index (χ3n) is 3.17. The number of rotatable bonds is 1. The molecule has 0 amide bonds. The molecule has 2 rings (SSSR count). The zero-order valence-corrected chi connectivity index (χ0v) is 10.8. The molecule has 0 spiro atoms. The van der Waals surface area contributed by atoms with Crippen LogP contribution in [0.5, 0.6) is 0 Å². The first-order valence-corrected chi connectivity index (χ1v) is 6.11. The van der Waals surface area contributed by atoms with Gasteiger partial charge in [-0.1, -0.05) is 28.1 Å². The van der Waals surface area contributed by atoms with Gasteiger partial charge in [0.1, 0.15) is 0 Å². The predicted octanol–water partition coefficient (Wildman–Crippen LogP) is 2.46. The number of likely N-dealkylation sites (tertiary alicyclic amines) is 1. The van der Waals surface area contributed by atoms with Gasteiger partial charge in [-0.25, -0.2) is 0 Å². The van der Waals surface area contributed by atoms with Crippen LogP contribution in [0, 0.1) is 6.92 Å². The molecule has 1 aromatic rings. The van der Waals surface area contributed by atoms with Gasteiger partial charge >= 0.3 is 0 Å². The van der Waals surface area contributed by atoms with Crippen molar-refractivity contribution in [2.75, 3.05) is 13.6 Å². The SMILES string of the molecule is Cc1ccc(C2C(N)CCN2C)c(Br)c1. The smallest absolute Gasteiger partial charge is 0.0508 e. The summed E-state index contributed by atoms with van der Waals surface area (Å²) < 4.78 is 1.18. The monoisotopic (exact) mass is 268 g/mol. The maximum atomic E-state index is 6.15. The van der Waals surface area contributed by atoms with Crippen molar-refractivity contribution >= 4 is 15.9 Å². The molecule has 1 heterocycles. The first kappa shape index (κ1) is 11.1. The Hall–Kier alpha value is -0.380. The molecule has 2 N–H and O–H groups in total. The normalized spacial score (nSPS) is 27.2. The molecule has 0 radical (unpaired) electrons. The standard InChI is InChI=1S/C12H17BrN2/c1-8-3-4-9(10(13)7-8)12-11(14)5-6-15(12)2/h3-4,7,11-12H,5-6,14H2,1-2H3. The summed E-state index contributed by atoms with van der Waals surface area (Å²) in [5.41, 5.74) is 8.74. The van der Waals surface area contributed by atoms with Gasteiger partial charge in [-0.2, -0.15) is 0 Å². The number of aryl methyl sites for hydroxylation is 1. The third-order valence-corrected chi connectivity index (χ3v) is 3.86. The summed E-state index contributed by atoms with van der Waals surface area (Å²) in [6, 6.07) is 7.12. The molecule has 15 heavy (non-hydrogen) atoms. The van der Waals surface area contributed by atoms with E-state index in [1.54, 1.807) is 0 Å². The fraction of sp³-hybridized carbons (Fsp3) is 0.500. The molecule has 82 valence electrons. The van der Waals surface area contributed by atoms with E-state index in [-0.39, 0.29) is 6.04 Å². The van der Waals surface area contributed by atoms with Crippen LogP contribution in [0.15, 0.2) is 22.7 Å². The van der Waals surface area contributed by atoms with Crippen LogP contribution in [0.4, 0.5) is 0 Å². The predicted molar refractivity (Wildman–Crippen MR) is 66.8 cm³/mol. The van der Waals surface area contributed by atoms with E-state index in [4.69, 9.17) is 5.73 Å². The lowest BCUT2D eigenvalue weighted by Gasteiger charge is -2.24. The second kappa shape index (κ2) is 4.24. The fourth-order valence-corrected chi connectivity index (χ4v) is 3.04. The van der Waals surface area contributed by atoms with Crippen LogP contribution in [-0.2, 0) is 0 Å². The van der Waals surface area contributed by atoms with Gasteiger partial charge in [-0.05, 0) is 37.6 Å². The van der Waals surface area contributed by atoms with Crippen molar-refractivity contribution in [2.45, 2.75) is 25.4 Å². The number of hydrogen-bond acceptors (Lipinski definition) is 2. The molecule has 0 bridgehead atoms. The summed E-state index contributed by atoms with van der Waals surface area (Å²) in [6.07, 6.45) is 1.08. The molecule has 2 unspecified atom stereocenters. The number of nitrogens with zero attached hydrogens (tertiary/aromatic N) is 1. The Morgan fingerprint density at radius 3 is 2.73 bits per heavy atom. The molecular formula is C12H17BrN2. The van der Waals surface area contributed by atoms with Gasteiger partial charge in [0, 0.05) is 17.1 Å². The zero-order chi connectivity index (χ0) is 11.0.